The van der Waals surface area contributed by atoms with Crippen molar-refractivity contribution in [2.45, 2.75) is 6.92 Å². The van der Waals surface area contributed by atoms with Crippen molar-refractivity contribution in [1.82, 2.24) is 15.2 Å². The molecule has 7 nitrogen and oxygen atoms in total. The maximum absolute atomic E-state index is 12.8. The lowest BCUT2D eigenvalue weighted by atomic mass is 10.1. The molecule has 0 bridgehead atoms. The van der Waals surface area contributed by atoms with Crippen LogP contribution in [0.2, 0.25) is 0 Å². The van der Waals surface area contributed by atoms with E-state index in [9.17, 15) is 14.9 Å². The molecule has 0 saturated heterocycles. The monoisotopic (exact) mass is 407 g/mol. The third-order valence-corrected chi connectivity index (χ3v) is 4.86. The molecule has 4 aromatic rings. The lowest BCUT2D eigenvalue weighted by molar-refractivity contribution is 0.0947. The summed E-state index contributed by atoms with van der Waals surface area (Å²) in [4.78, 5) is 25.4. The van der Waals surface area contributed by atoms with E-state index in [0.29, 0.717) is 5.69 Å². The first-order chi connectivity index (χ1) is 15.1. The smallest absolute Gasteiger partial charge is 0.266 e. The Morgan fingerprint density at radius 1 is 1.06 bits per heavy atom. The highest BCUT2D eigenvalue weighted by atomic mass is 16.2. The second-order valence-corrected chi connectivity index (χ2v) is 6.78. The van der Waals surface area contributed by atoms with Gasteiger partial charge in [-0.25, -0.2) is 5.43 Å². The highest BCUT2D eigenvalue weighted by Crippen LogP contribution is 2.17. The van der Waals surface area contributed by atoms with Crippen LogP contribution in [0.4, 0.5) is 0 Å². The molecule has 1 N–H and O–H groups in total. The number of amides is 1. The summed E-state index contributed by atoms with van der Waals surface area (Å²) in [5, 5.41) is 19.8. The molecule has 0 saturated carbocycles. The number of hydrazone groups is 1. The van der Waals surface area contributed by atoms with E-state index in [4.69, 9.17) is 0 Å². The third kappa shape index (κ3) is 3.82. The van der Waals surface area contributed by atoms with Gasteiger partial charge in [0.05, 0.1) is 11.9 Å². The molecular formula is C24H17N5O2. The van der Waals surface area contributed by atoms with Gasteiger partial charge in [-0.2, -0.15) is 20.1 Å². The van der Waals surface area contributed by atoms with E-state index in [1.807, 2.05) is 48.5 Å². The van der Waals surface area contributed by atoms with Gasteiger partial charge in [0.25, 0.3) is 11.5 Å². The Bertz CT molecular complexity index is 1410. The quantitative estimate of drug-likeness (QED) is 0.414. The Labute approximate surface area is 177 Å². The number of nitriles is 1. The molecule has 0 atom stereocenters. The molecule has 7 heteroatoms. The Morgan fingerprint density at radius 3 is 2.55 bits per heavy atom. The van der Waals surface area contributed by atoms with Crippen molar-refractivity contribution >= 4 is 22.9 Å². The standard InChI is InChI=1S/C24H17N5O2/c1-16-21(14-25)24(31)29(19-11-3-2-4-12-19)28-22(16)23(30)27-26-15-18-10-7-9-17-8-5-6-13-20(17)18/h2-13,15H,1H3,(H,27,30)/b26-15+. The highest BCUT2D eigenvalue weighted by molar-refractivity contribution is 6.00. The average molecular weight is 407 g/mol. The van der Waals surface area contributed by atoms with Crippen LogP contribution < -0.4 is 11.0 Å². The summed E-state index contributed by atoms with van der Waals surface area (Å²) in [6, 6.07) is 24.1. The SMILES string of the molecule is Cc1c(C(=O)N/N=C/c2cccc3ccccc23)nn(-c2ccccc2)c(=O)c1C#N. The van der Waals surface area contributed by atoms with Crippen molar-refractivity contribution in [2.24, 2.45) is 5.10 Å². The summed E-state index contributed by atoms with van der Waals surface area (Å²) in [5.41, 5.74) is 3.19. The summed E-state index contributed by atoms with van der Waals surface area (Å²) < 4.78 is 1.05. The van der Waals surface area contributed by atoms with Gasteiger partial charge in [-0.15, -0.1) is 0 Å². The zero-order valence-electron chi connectivity index (χ0n) is 16.6. The third-order valence-electron chi connectivity index (χ3n) is 4.86. The van der Waals surface area contributed by atoms with E-state index < -0.39 is 11.5 Å². The van der Waals surface area contributed by atoms with E-state index in [1.54, 1.807) is 36.5 Å². The zero-order chi connectivity index (χ0) is 21.8. The molecule has 0 radical (unpaired) electrons. The molecule has 0 unspecified atom stereocenters. The van der Waals surface area contributed by atoms with E-state index in [-0.39, 0.29) is 16.8 Å². The van der Waals surface area contributed by atoms with E-state index in [1.165, 1.54) is 6.92 Å². The molecule has 1 aromatic heterocycles. The predicted octanol–water partition coefficient (Wildman–Crippen LogP) is 3.33. The predicted molar refractivity (Wildman–Crippen MR) is 118 cm³/mol. The van der Waals surface area contributed by atoms with Crippen LogP contribution in [0.3, 0.4) is 0 Å². The number of hydrogen-bond acceptors (Lipinski definition) is 5. The molecule has 0 aliphatic rings. The molecule has 0 spiro atoms. The summed E-state index contributed by atoms with van der Waals surface area (Å²) in [6.45, 7) is 1.52. The lowest BCUT2D eigenvalue weighted by Gasteiger charge is -2.10. The summed E-state index contributed by atoms with van der Waals surface area (Å²) >= 11 is 0. The number of nitrogens with one attached hydrogen (secondary N) is 1. The average Bonchev–Trinajstić information content (AvgIpc) is 2.80. The number of aromatic nitrogens is 2. The van der Waals surface area contributed by atoms with Crippen molar-refractivity contribution in [2.75, 3.05) is 0 Å². The van der Waals surface area contributed by atoms with Gasteiger partial charge in [0.1, 0.15) is 11.6 Å². The number of nitrogens with zero attached hydrogens (tertiary/aromatic N) is 4. The minimum absolute atomic E-state index is 0.0462. The number of carbonyl (C=O) groups excluding carboxylic acids is 1. The zero-order valence-corrected chi connectivity index (χ0v) is 16.6. The van der Waals surface area contributed by atoms with E-state index in [2.05, 4.69) is 15.6 Å². The normalized spacial score (nSPS) is 10.8. The Kier molecular flexibility index (Phi) is 5.37. The van der Waals surface area contributed by atoms with Crippen LogP contribution in [-0.4, -0.2) is 21.9 Å². The second kappa shape index (κ2) is 8.43. The number of carbonyl (C=O) groups is 1. The van der Waals surface area contributed by atoms with Crippen LogP contribution in [0.25, 0.3) is 16.5 Å². The lowest BCUT2D eigenvalue weighted by Crippen LogP contribution is -2.31. The molecule has 150 valence electrons. The number of benzene rings is 3. The minimum Gasteiger partial charge on any atom is -0.266 e. The number of rotatable bonds is 4. The van der Waals surface area contributed by atoms with Crippen molar-refractivity contribution in [3.8, 4) is 11.8 Å². The molecule has 0 aliphatic heterocycles. The second-order valence-electron chi connectivity index (χ2n) is 6.78. The Morgan fingerprint density at radius 2 is 1.77 bits per heavy atom. The van der Waals surface area contributed by atoms with Crippen LogP contribution in [0.5, 0.6) is 0 Å². The fraction of sp³-hybridized carbons (Fsp3) is 0.0417. The fourth-order valence-electron chi connectivity index (χ4n) is 3.27. The van der Waals surface area contributed by atoms with E-state index >= 15 is 0 Å². The first-order valence-corrected chi connectivity index (χ1v) is 9.51. The van der Waals surface area contributed by atoms with Crippen molar-refractivity contribution in [1.29, 1.82) is 5.26 Å². The van der Waals surface area contributed by atoms with Gasteiger partial charge in [0.2, 0.25) is 0 Å². The molecule has 31 heavy (non-hydrogen) atoms. The Balaban J connectivity index is 1.68. The fourth-order valence-corrected chi connectivity index (χ4v) is 3.27. The van der Waals surface area contributed by atoms with Crippen LogP contribution in [0, 0.1) is 18.3 Å². The van der Waals surface area contributed by atoms with Crippen LogP contribution in [0.1, 0.15) is 27.2 Å². The topological polar surface area (TPSA) is 100 Å². The molecule has 1 heterocycles. The number of para-hydroxylation sites is 1. The first kappa shape index (κ1) is 19.7. The van der Waals surface area contributed by atoms with E-state index in [0.717, 1.165) is 21.0 Å². The molecular weight excluding hydrogens is 390 g/mol. The number of fused-ring (bicyclic) bond motifs is 1. The van der Waals surface area contributed by atoms with Crippen molar-refractivity contribution < 1.29 is 4.79 Å². The van der Waals surface area contributed by atoms with Crippen molar-refractivity contribution in [3.63, 3.8) is 0 Å². The van der Waals surface area contributed by atoms with Crippen molar-refractivity contribution in [3.05, 3.63) is 106 Å². The van der Waals surface area contributed by atoms with Gasteiger partial charge in [0, 0.05) is 11.1 Å². The van der Waals surface area contributed by atoms with Gasteiger partial charge in [-0.05, 0) is 29.8 Å². The van der Waals surface area contributed by atoms with Crippen LogP contribution >= 0.6 is 0 Å². The molecule has 1 amide bonds. The molecule has 3 aromatic carbocycles. The molecule has 4 rings (SSSR count). The maximum Gasteiger partial charge on any atom is 0.292 e. The highest BCUT2D eigenvalue weighted by Gasteiger charge is 2.20. The summed E-state index contributed by atoms with van der Waals surface area (Å²) in [6.07, 6.45) is 1.55. The van der Waals surface area contributed by atoms with Gasteiger partial charge < -0.3 is 0 Å². The van der Waals surface area contributed by atoms with Gasteiger partial charge in [-0.1, -0.05) is 60.7 Å². The summed E-state index contributed by atoms with van der Waals surface area (Å²) in [5.74, 6) is -0.616. The van der Waals surface area contributed by atoms with Crippen LogP contribution in [-0.2, 0) is 0 Å². The summed E-state index contributed by atoms with van der Waals surface area (Å²) in [7, 11) is 0. The Hall–Kier alpha value is -4.57. The largest absolute Gasteiger partial charge is 0.292 e. The van der Waals surface area contributed by atoms with Gasteiger partial charge >= 0.3 is 0 Å². The van der Waals surface area contributed by atoms with Gasteiger partial charge in [-0.3, -0.25) is 9.59 Å². The maximum atomic E-state index is 12.8. The number of hydrogen-bond donors (Lipinski definition) is 1. The minimum atomic E-state index is -0.616. The van der Waals surface area contributed by atoms with Crippen LogP contribution in [0.15, 0.2) is 82.7 Å². The molecule has 0 fully saturated rings. The molecule has 0 aliphatic carbocycles. The first-order valence-electron chi connectivity index (χ1n) is 9.51. The van der Waals surface area contributed by atoms with Gasteiger partial charge in [0.15, 0.2) is 5.69 Å².